The number of ether oxygens (including phenoxy) is 2. The molecule has 0 amide bonds. The van der Waals surface area contributed by atoms with Crippen LogP contribution in [-0.4, -0.2) is 48.0 Å². The van der Waals surface area contributed by atoms with Gasteiger partial charge < -0.3 is 19.8 Å². The molecule has 4 rings (SSSR count). The largest absolute Gasteiger partial charge is 0.412 e. The van der Waals surface area contributed by atoms with Crippen molar-refractivity contribution in [2.45, 2.75) is 50.9 Å². The van der Waals surface area contributed by atoms with E-state index < -0.39 is 6.29 Å². The lowest BCUT2D eigenvalue weighted by Crippen LogP contribution is -2.55. The standard InChI is InChI=1S/C26H31F2NO3.ClH.H2O/c1-2-21-18-31-25(20-5-3-6-23(28)17-20)32-26(21)12-15-29(16-13-26)14-4-7-24(30)19-8-10-22(27)11-9-19;;/h3,5-6,8-11,17,21,25H,2,4,7,12-16,18H2,1H3;1H;1H2. The van der Waals surface area contributed by atoms with Crippen molar-refractivity contribution in [3.05, 3.63) is 71.3 Å². The van der Waals surface area contributed by atoms with E-state index in [0.29, 0.717) is 24.5 Å². The van der Waals surface area contributed by atoms with Gasteiger partial charge in [0.25, 0.3) is 0 Å². The van der Waals surface area contributed by atoms with E-state index in [-0.39, 0.29) is 40.9 Å². The lowest BCUT2D eigenvalue weighted by Gasteiger charge is -2.50. The van der Waals surface area contributed by atoms with E-state index in [9.17, 15) is 13.6 Å². The molecule has 188 valence electrons. The summed E-state index contributed by atoms with van der Waals surface area (Å²) in [6.07, 6.45) is 3.46. The zero-order valence-electron chi connectivity index (χ0n) is 19.5. The van der Waals surface area contributed by atoms with E-state index in [1.165, 1.54) is 24.3 Å². The van der Waals surface area contributed by atoms with Gasteiger partial charge in [0.15, 0.2) is 12.1 Å². The van der Waals surface area contributed by atoms with Crippen molar-refractivity contribution in [1.82, 2.24) is 4.90 Å². The van der Waals surface area contributed by atoms with Crippen molar-refractivity contribution in [2.75, 3.05) is 26.2 Å². The average Bonchev–Trinajstić information content (AvgIpc) is 2.81. The third-order valence-electron chi connectivity index (χ3n) is 6.89. The molecule has 0 saturated carbocycles. The Bertz CT molecular complexity index is 919. The van der Waals surface area contributed by atoms with Crippen molar-refractivity contribution in [3.63, 3.8) is 0 Å². The highest BCUT2D eigenvalue weighted by atomic mass is 35.5. The Morgan fingerprint density at radius 3 is 2.44 bits per heavy atom. The lowest BCUT2D eigenvalue weighted by molar-refractivity contribution is -0.298. The summed E-state index contributed by atoms with van der Waals surface area (Å²) in [6, 6.07) is 12.2. The molecule has 2 fully saturated rings. The molecule has 2 N–H and O–H groups in total. The smallest absolute Gasteiger partial charge is 0.184 e. The fourth-order valence-corrected chi connectivity index (χ4v) is 4.93. The molecule has 2 aromatic carbocycles. The molecule has 1 spiro atoms. The van der Waals surface area contributed by atoms with Gasteiger partial charge in [0.2, 0.25) is 0 Å². The Balaban J connectivity index is 0.00000204. The molecular weight excluding hydrogens is 464 g/mol. The van der Waals surface area contributed by atoms with Gasteiger partial charge in [-0.05, 0) is 68.6 Å². The van der Waals surface area contributed by atoms with E-state index in [4.69, 9.17) is 9.47 Å². The van der Waals surface area contributed by atoms with E-state index in [1.807, 2.05) is 6.07 Å². The number of rotatable bonds is 7. The second-order valence-electron chi connectivity index (χ2n) is 8.88. The number of halogens is 3. The van der Waals surface area contributed by atoms with Gasteiger partial charge in [-0.3, -0.25) is 4.79 Å². The van der Waals surface area contributed by atoms with Gasteiger partial charge in [-0.25, -0.2) is 8.78 Å². The summed E-state index contributed by atoms with van der Waals surface area (Å²) in [6.45, 7) is 5.43. The fraction of sp³-hybridized carbons (Fsp3) is 0.500. The molecule has 2 aliphatic rings. The summed E-state index contributed by atoms with van der Waals surface area (Å²) in [7, 11) is 0. The molecule has 2 aromatic rings. The fourth-order valence-electron chi connectivity index (χ4n) is 4.93. The number of carbonyl (C=O) groups is 1. The molecule has 0 aliphatic carbocycles. The first-order valence-corrected chi connectivity index (χ1v) is 11.5. The highest BCUT2D eigenvalue weighted by Gasteiger charge is 2.47. The van der Waals surface area contributed by atoms with Gasteiger partial charge >= 0.3 is 0 Å². The van der Waals surface area contributed by atoms with Crippen LogP contribution in [0.25, 0.3) is 0 Å². The molecule has 2 atom stereocenters. The summed E-state index contributed by atoms with van der Waals surface area (Å²) in [5, 5.41) is 0. The van der Waals surface area contributed by atoms with Crippen molar-refractivity contribution in [2.24, 2.45) is 5.92 Å². The average molecular weight is 498 g/mol. The van der Waals surface area contributed by atoms with Crippen LogP contribution in [0.2, 0.25) is 0 Å². The van der Waals surface area contributed by atoms with Crippen molar-refractivity contribution in [3.8, 4) is 0 Å². The summed E-state index contributed by atoms with van der Waals surface area (Å²) in [5.41, 5.74) is 1.03. The zero-order valence-corrected chi connectivity index (χ0v) is 20.3. The van der Waals surface area contributed by atoms with Crippen LogP contribution in [0.15, 0.2) is 48.5 Å². The second kappa shape index (κ2) is 12.7. The molecular formula is C26H34ClF2NO4. The lowest BCUT2D eigenvalue weighted by atomic mass is 9.77. The van der Waals surface area contributed by atoms with Crippen LogP contribution in [0.4, 0.5) is 8.78 Å². The third kappa shape index (κ3) is 6.61. The summed E-state index contributed by atoms with van der Waals surface area (Å²) in [4.78, 5) is 14.7. The van der Waals surface area contributed by atoms with Crippen molar-refractivity contribution >= 4 is 18.2 Å². The number of hydrogen-bond acceptors (Lipinski definition) is 4. The van der Waals surface area contributed by atoms with E-state index in [2.05, 4.69) is 11.8 Å². The number of nitrogens with zero attached hydrogens (tertiary/aromatic N) is 1. The predicted octanol–water partition coefficient (Wildman–Crippen LogP) is 5.13. The number of Topliss-reactive ketones (excluding diaryl/α,β-unsaturated/α-hetero) is 1. The molecule has 0 radical (unpaired) electrons. The van der Waals surface area contributed by atoms with Gasteiger partial charge in [-0.1, -0.05) is 19.1 Å². The molecule has 0 bridgehead atoms. The normalized spacial score (nSPS) is 22.0. The van der Waals surface area contributed by atoms with Gasteiger partial charge in [-0.2, -0.15) is 0 Å². The number of hydrogen-bond donors (Lipinski definition) is 0. The maximum Gasteiger partial charge on any atom is 0.184 e. The topological polar surface area (TPSA) is 70.3 Å². The quantitative estimate of drug-likeness (QED) is 0.497. The van der Waals surface area contributed by atoms with Crippen LogP contribution < -0.4 is 0 Å². The summed E-state index contributed by atoms with van der Waals surface area (Å²) < 4.78 is 39.2. The van der Waals surface area contributed by atoms with E-state index in [1.54, 1.807) is 18.2 Å². The first kappa shape index (κ1) is 28.3. The Hall–Kier alpha value is -1.90. The number of likely N-dealkylation sites (tertiary alicyclic amines) is 1. The highest BCUT2D eigenvalue weighted by molar-refractivity contribution is 5.95. The summed E-state index contributed by atoms with van der Waals surface area (Å²) >= 11 is 0. The van der Waals surface area contributed by atoms with Gasteiger partial charge in [0, 0.05) is 36.6 Å². The molecule has 2 aliphatic heterocycles. The van der Waals surface area contributed by atoms with Crippen LogP contribution in [0.3, 0.4) is 0 Å². The van der Waals surface area contributed by atoms with Gasteiger partial charge in [-0.15, -0.1) is 12.4 Å². The predicted molar refractivity (Wildman–Crippen MR) is 129 cm³/mol. The Kier molecular flexibility index (Phi) is 10.6. The maximum atomic E-state index is 13.7. The molecule has 2 heterocycles. The van der Waals surface area contributed by atoms with Crippen LogP contribution in [0.1, 0.15) is 61.2 Å². The molecule has 2 unspecified atom stereocenters. The van der Waals surface area contributed by atoms with Crippen molar-refractivity contribution < 1.29 is 28.5 Å². The minimum atomic E-state index is -0.534. The molecule has 2 saturated heterocycles. The number of carbonyl (C=O) groups excluding carboxylic acids is 1. The van der Waals surface area contributed by atoms with E-state index >= 15 is 0 Å². The number of ketones is 1. The van der Waals surface area contributed by atoms with Crippen LogP contribution in [-0.2, 0) is 9.47 Å². The van der Waals surface area contributed by atoms with Crippen LogP contribution >= 0.6 is 12.4 Å². The molecule has 8 heteroatoms. The summed E-state index contributed by atoms with van der Waals surface area (Å²) in [5.74, 6) is -0.250. The van der Waals surface area contributed by atoms with Crippen LogP contribution in [0.5, 0.6) is 0 Å². The number of piperidine rings is 1. The third-order valence-corrected chi connectivity index (χ3v) is 6.89. The second-order valence-corrected chi connectivity index (χ2v) is 8.88. The molecule has 0 aromatic heterocycles. The van der Waals surface area contributed by atoms with Gasteiger partial charge in [0.1, 0.15) is 11.6 Å². The maximum absolute atomic E-state index is 13.7. The number of benzene rings is 2. The van der Waals surface area contributed by atoms with Crippen molar-refractivity contribution in [1.29, 1.82) is 0 Å². The Labute approximate surface area is 206 Å². The minimum absolute atomic E-state index is 0. The van der Waals surface area contributed by atoms with Gasteiger partial charge in [0.05, 0.1) is 12.2 Å². The van der Waals surface area contributed by atoms with Crippen LogP contribution in [0, 0.1) is 17.6 Å². The minimum Gasteiger partial charge on any atom is -0.412 e. The SMILES string of the molecule is CCC1COC(c2cccc(F)c2)OC12CCN(CCCC(=O)c1ccc(F)cc1)CC2.Cl.O. The zero-order chi connectivity index (χ0) is 22.6. The molecule has 5 nitrogen and oxygen atoms in total. The molecule has 34 heavy (non-hydrogen) atoms. The first-order valence-electron chi connectivity index (χ1n) is 11.5. The Morgan fingerprint density at radius 1 is 1.09 bits per heavy atom. The first-order chi connectivity index (χ1) is 15.5. The highest BCUT2D eigenvalue weighted by Crippen LogP contribution is 2.44. The Morgan fingerprint density at radius 2 is 1.79 bits per heavy atom. The monoisotopic (exact) mass is 497 g/mol. The van der Waals surface area contributed by atoms with E-state index in [0.717, 1.165) is 50.9 Å².